The molecular formula is C17H27N3O4. The zero-order valence-electron chi connectivity index (χ0n) is 14.3. The Balaban J connectivity index is 1.26. The minimum absolute atomic E-state index is 0.150. The van der Waals surface area contributed by atoms with Crippen LogP contribution in [0.4, 0.5) is 9.59 Å². The number of likely N-dealkylation sites (tertiary alicyclic amines) is 2. The van der Waals surface area contributed by atoms with Crippen molar-refractivity contribution in [3.8, 4) is 0 Å². The predicted molar refractivity (Wildman–Crippen MR) is 86.9 cm³/mol. The Labute approximate surface area is 142 Å². The van der Waals surface area contributed by atoms with Crippen LogP contribution < -0.4 is 0 Å². The number of carbonyl (C=O) groups excluding carboxylic acids is 1. The molecule has 1 saturated carbocycles. The molecule has 0 aromatic heterocycles. The van der Waals surface area contributed by atoms with Crippen LogP contribution in [-0.2, 0) is 4.74 Å². The fourth-order valence-corrected chi connectivity index (χ4v) is 5.19. The Morgan fingerprint density at radius 3 is 2.46 bits per heavy atom. The maximum Gasteiger partial charge on any atom is 0.410 e. The molecule has 4 aliphatic rings. The van der Waals surface area contributed by atoms with E-state index in [-0.39, 0.29) is 17.6 Å². The van der Waals surface area contributed by atoms with Crippen molar-refractivity contribution in [3.63, 3.8) is 0 Å². The summed E-state index contributed by atoms with van der Waals surface area (Å²) in [4.78, 5) is 29.0. The number of amides is 2. The summed E-state index contributed by atoms with van der Waals surface area (Å²) in [5, 5.41) is 9.13. The van der Waals surface area contributed by atoms with Crippen molar-refractivity contribution in [1.82, 2.24) is 14.7 Å². The summed E-state index contributed by atoms with van der Waals surface area (Å²) < 4.78 is 5.15. The van der Waals surface area contributed by atoms with Gasteiger partial charge in [0.1, 0.15) is 6.61 Å². The van der Waals surface area contributed by atoms with Crippen LogP contribution in [0.1, 0.15) is 39.0 Å². The Morgan fingerprint density at radius 1 is 1.21 bits per heavy atom. The molecule has 1 N–H and O–H groups in total. The van der Waals surface area contributed by atoms with Crippen LogP contribution in [0.25, 0.3) is 0 Å². The molecule has 0 aromatic carbocycles. The zero-order valence-corrected chi connectivity index (χ0v) is 14.3. The average molecular weight is 337 g/mol. The molecule has 7 heteroatoms. The van der Waals surface area contributed by atoms with Gasteiger partial charge in [-0.3, -0.25) is 4.90 Å². The van der Waals surface area contributed by atoms with Gasteiger partial charge in [-0.2, -0.15) is 0 Å². The first-order valence-corrected chi connectivity index (χ1v) is 9.14. The Kier molecular flexibility index (Phi) is 3.86. The van der Waals surface area contributed by atoms with Crippen LogP contribution in [0.15, 0.2) is 0 Å². The van der Waals surface area contributed by atoms with Gasteiger partial charge in [0, 0.05) is 38.3 Å². The molecule has 1 aliphatic carbocycles. The van der Waals surface area contributed by atoms with Crippen molar-refractivity contribution in [1.29, 1.82) is 0 Å². The van der Waals surface area contributed by atoms with Gasteiger partial charge in [-0.1, -0.05) is 0 Å². The van der Waals surface area contributed by atoms with Gasteiger partial charge >= 0.3 is 12.2 Å². The summed E-state index contributed by atoms with van der Waals surface area (Å²) in [7, 11) is 0. The molecule has 3 saturated heterocycles. The van der Waals surface area contributed by atoms with Crippen LogP contribution in [-0.4, -0.2) is 82.9 Å². The lowest BCUT2D eigenvalue weighted by Gasteiger charge is -2.52. The summed E-state index contributed by atoms with van der Waals surface area (Å²) in [6.07, 6.45) is 4.39. The van der Waals surface area contributed by atoms with Crippen molar-refractivity contribution < 1.29 is 19.4 Å². The van der Waals surface area contributed by atoms with E-state index in [0.717, 1.165) is 45.2 Å². The third-order valence-electron chi connectivity index (χ3n) is 6.59. The van der Waals surface area contributed by atoms with Crippen molar-refractivity contribution in [2.24, 2.45) is 5.41 Å². The van der Waals surface area contributed by atoms with Gasteiger partial charge in [0.05, 0.1) is 6.04 Å². The second-order valence-corrected chi connectivity index (χ2v) is 8.12. The number of cyclic esters (lactones) is 1. The van der Waals surface area contributed by atoms with Crippen molar-refractivity contribution in [2.45, 2.75) is 57.2 Å². The molecule has 2 amide bonds. The fraction of sp³-hybridized carbons (Fsp3) is 0.882. The minimum Gasteiger partial charge on any atom is -0.465 e. The maximum atomic E-state index is 11.9. The highest BCUT2D eigenvalue weighted by atomic mass is 16.6. The highest BCUT2D eigenvalue weighted by molar-refractivity contribution is 5.70. The lowest BCUT2D eigenvalue weighted by molar-refractivity contribution is -0.0128. The Hall–Kier alpha value is -1.50. The lowest BCUT2D eigenvalue weighted by atomic mass is 9.64. The molecule has 7 nitrogen and oxygen atoms in total. The van der Waals surface area contributed by atoms with E-state index in [1.165, 1.54) is 0 Å². The van der Waals surface area contributed by atoms with Gasteiger partial charge < -0.3 is 19.6 Å². The first-order valence-electron chi connectivity index (χ1n) is 9.14. The van der Waals surface area contributed by atoms with E-state index in [4.69, 9.17) is 9.84 Å². The second-order valence-electron chi connectivity index (χ2n) is 8.12. The van der Waals surface area contributed by atoms with E-state index in [0.29, 0.717) is 31.8 Å². The average Bonchev–Trinajstić information content (AvgIpc) is 3.11. The van der Waals surface area contributed by atoms with E-state index < -0.39 is 6.09 Å². The predicted octanol–water partition coefficient (Wildman–Crippen LogP) is 1.82. The molecule has 24 heavy (non-hydrogen) atoms. The Bertz CT molecular complexity index is 526. The Morgan fingerprint density at radius 2 is 1.92 bits per heavy atom. The molecule has 3 heterocycles. The SMILES string of the molecule is C[C@H]1COC(=O)N1C1CCN(C2CC3(CCN(C(=O)O)C3)C2)CC1. The second kappa shape index (κ2) is 5.79. The molecule has 134 valence electrons. The number of carbonyl (C=O) groups is 2. The highest BCUT2D eigenvalue weighted by Crippen LogP contribution is 2.50. The van der Waals surface area contributed by atoms with E-state index in [9.17, 15) is 9.59 Å². The summed E-state index contributed by atoms with van der Waals surface area (Å²) >= 11 is 0. The molecule has 0 bridgehead atoms. The van der Waals surface area contributed by atoms with Crippen LogP contribution in [0.3, 0.4) is 0 Å². The highest BCUT2D eigenvalue weighted by Gasteiger charge is 2.51. The summed E-state index contributed by atoms with van der Waals surface area (Å²) in [6, 6.07) is 1.11. The zero-order chi connectivity index (χ0) is 16.9. The van der Waals surface area contributed by atoms with Crippen LogP contribution in [0.5, 0.6) is 0 Å². The normalized spacial score (nSPS) is 37.8. The minimum atomic E-state index is -0.775. The van der Waals surface area contributed by atoms with Crippen molar-refractivity contribution >= 4 is 12.2 Å². The number of hydrogen-bond donors (Lipinski definition) is 1. The molecule has 3 aliphatic heterocycles. The van der Waals surface area contributed by atoms with Gasteiger partial charge in [-0.25, -0.2) is 9.59 Å². The van der Waals surface area contributed by atoms with E-state index in [1.807, 2.05) is 4.90 Å². The molecule has 0 aromatic rings. The molecule has 0 radical (unpaired) electrons. The first kappa shape index (κ1) is 16.0. The maximum absolute atomic E-state index is 11.9. The fourth-order valence-electron chi connectivity index (χ4n) is 5.19. The summed E-state index contributed by atoms with van der Waals surface area (Å²) in [6.45, 7) is 6.05. The van der Waals surface area contributed by atoms with E-state index in [2.05, 4.69) is 11.8 Å². The number of nitrogens with zero attached hydrogens (tertiary/aromatic N) is 3. The third-order valence-corrected chi connectivity index (χ3v) is 6.59. The number of piperidine rings is 1. The smallest absolute Gasteiger partial charge is 0.410 e. The van der Waals surface area contributed by atoms with Crippen LogP contribution in [0.2, 0.25) is 0 Å². The van der Waals surface area contributed by atoms with Crippen LogP contribution >= 0.6 is 0 Å². The summed E-state index contributed by atoms with van der Waals surface area (Å²) in [5.41, 5.74) is 0.243. The van der Waals surface area contributed by atoms with Gasteiger partial charge in [-0.15, -0.1) is 0 Å². The molecule has 1 atom stereocenters. The molecule has 0 unspecified atom stereocenters. The largest absolute Gasteiger partial charge is 0.465 e. The molecule has 4 fully saturated rings. The molecule has 1 spiro atoms. The quantitative estimate of drug-likeness (QED) is 0.832. The number of ether oxygens (including phenoxy) is 1. The number of hydrogen-bond acceptors (Lipinski definition) is 4. The van der Waals surface area contributed by atoms with Gasteiger partial charge in [-0.05, 0) is 44.4 Å². The summed E-state index contributed by atoms with van der Waals surface area (Å²) in [5.74, 6) is 0. The van der Waals surface area contributed by atoms with Gasteiger partial charge in [0.15, 0.2) is 0 Å². The third kappa shape index (κ3) is 2.62. The van der Waals surface area contributed by atoms with E-state index >= 15 is 0 Å². The van der Waals surface area contributed by atoms with Crippen LogP contribution in [0, 0.1) is 5.41 Å². The topological polar surface area (TPSA) is 73.3 Å². The molecule has 4 rings (SSSR count). The standard InChI is InChI=1S/C17H27N3O4/c1-12-10-24-16(23)20(12)13-2-5-18(6-3-13)14-8-17(9-14)4-7-19(11-17)15(21)22/h12-14H,2-11H2,1H3,(H,21,22)/t12-,14?,17?/m0/s1. The van der Waals surface area contributed by atoms with Gasteiger partial charge in [0.25, 0.3) is 0 Å². The molecular weight excluding hydrogens is 310 g/mol. The van der Waals surface area contributed by atoms with Gasteiger partial charge in [0.2, 0.25) is 0 Å². The van der Waals surface area contributed by atoms with Crippen molar-refractivity contribution in [2.75, 3.05) is 32.8 Å². The lowest BCUT2D eigenvalue weighted by Crippen LogP contribution is -2.56. The monoisotopic (exact) mass is 337 g/mol. The number of carboxylic acid groups (broad SMARTS) is 1. The first-order chi connectivity index (χ1) is 11.5. The van der Waals surface area contributed by atoms with E-state index in [1.54, 1.807) is 4.90 Å². The number of rotatable bonds is 2. The van der Waals surface area contributed by atoms with Crippen molar-refractivity contribution in [3.05, 3.63) is 0 Å².